The second-order valence-electron chi connectivity index (χ2n) is 6.43. The lowest BCUT2D eigenvalue weighted by Crippen LogP contribution is -2.63. The van der Waals surface area contributed by atoms with Crippen LogP contribution in [-0.4, -0.2) is 34.7 Å². The number of aromatic amines is 1. The van der Waals surface area contributed by atoms with E-state index in [2.05, 4.69) is 15.5 Å². The van der Waals surface area contributed by atoms with Crippen LogP contribution in [0, 0.1) is 6.92 Å². The number of fused-ring (bicyclic) bond motifs is 1. The Hall–Kier alpha value is -1.96. The molecule has 24 heavy (non-hydrogen) atoms. The number of nitrogens with one attached hydrogen (secondary N) is 2. The molecule has 0 saturated heterocycles. The highest BCUT2D eigenvalue weighted by Gasteiger charge is 2.47. The molecular formula is C16H18F2N4OS. The van der Waals surface area contributed by atoms with Crippen LogP contribution in [0.25, 0.3) is 10.4 Å². The Labute approximate surface area is 142 Å². The number of thiophene rings is 1. The molecule has 2 aromatic rings. The van der Waals surface area contributed by atoms with Gasteiger partial charge in [-0.15, -0.1) is 11.3 Å². The number of aryl methyl sites for hydroxylation is 1. The summed E-state index contributed by atoms with van der Waals surface area (Å²) < 4.78 is 26.5. The van der Waals surface area contributed by atoms with Crippen molar-refractivity contribution in [2.75, 3.05) is 11.4 Å². The fraction of sp³-hybridized carbons (Fsp3) is 0.500. The summed E-state index contributed by atoms with van der Waals surface area (Å²) in [5.41, 5.74) is 1.76. The van der Waals surface area contributed by atoms with E-state index < -0.39 is 12.1 Å². The van der Waals surface area contributed by atoms with Crippen molar-refractivity contribution < 1.29 is 13.6 Å². The van der Waals surface area contributed by atoms with Gasteiger partial charge in [0.25, 0.3) is 12.3 Å². The van der Waals surface area contributed by atoms with E-state index in [-0.39, 0.29) is 12.5 Å². The molecular weight excluding hydrogens is 334 g/mol. The number of aromatic nitrogens is 2. The van der Waals surface area contributed by atoms with Gasteiger partial charge in [-0.2, -0.15) is 5.10 Å². The normalized spacial score (nSPS) is 19.2. The molecule has 2 N–H and O–H groups in total. The van der Waals surface area contributed by atoms with Gasteiger partial charge in [-0.25, -0.2) is 8.78 Å². The first-order valence-corrected chi connectivity index (χ1v) is 8.84. The van der Waals surface area contributed by atoms with Gasteiger partial charge in [0.05, 0.1) is 18.4 Å². The van der Waals surface area contributed by atoms with Crippen LogP contribution in [0.4, 0.5) is 14.5 Å². The number of carbonyl (C=O) groups excluding carboxylic acids is 1. The van der Waals surface area contributed by atoms with Gasteiger partial charge in [0, 0.05) is 16.1 Å². The number of amides is 1. The third-order valence-corrected chi connectivity index (χ3v) is 6.08. The molecule has 1 spiro atoms. The topological polar surface area (TPSA) is 61.0 Å². The minimum absolute atomic E-state index is 0.158. The van der Waals surface area contributed by atoms with E-state index in [9.17, 15) is 13.6 Å². The predicted molar refractivity (Wildman–Crippen MR) is 88.7 cm³/mol. The maximum absolute atomic E-state index is 13.2. The third kappa shape index (κ3) is 2.31. The van der Waals surface area contributed by atoms with Crippen molar-refractivity contribution in [3.05, 3.63) is 22.8 Å². The highest BCUT2D eigenvalue weighted by atomic mass is 32.1. The van der Waals surface area contributed by atoms with Crippen LogP contribution in [0.2, 0.25) is 0 Å². The smallest absolute Gasteiger partial charge is 0.265 e. The zero-order valence-electron chi connectivity index (χ0n) is 13.2. The van der Waals surface area contributed by atoms with E-state index in [0.29, 0.717) is 23.4 Å². The molecule has 0 unspecified atom stereocenters. The van der Waals surface area contributed by atoms with E-state index >= 15 is 0 Å². The van der Waals surface area contributed by atoms with Crippen LogP contribution in [0.1, 0.15) is 41.0 Å². The summed E-state index contributed by atoms with van der Waals surface area (Å²) in [5.74, 6) is -0.158. The van der Waals surface area contributed by atoms with E-state index in [1.165, 1.54) is 11.3 Å². The number of carbonyl (C=O) groups is 1. The van der Waals surface area contributed by atoms with E-state index in [4.69, 9.17) is 0 Å². The highest BCUT2D eigenvalue weighted by molar-refractivity contribution is 7.18. The maximum atomic E-state index is 13.2. The Balaban J connectivity index is 1.82. The van der Waals surface area contributed by atoms with Gasteiger partial charge in [-0.05, 0) is 38.7 Å². The van der Waals surface area contributed by atoms with Gasteiger partial charge in [0.1, 0.15) is 10.5 Å². The summed E-state index contributed by atoms with van der Waals surface area (Å²) in [7, 11) is 0. The fourth-order valence-electron chi connectivity index (χ4n) is 3.81. The van der Waals surface area contributed by atoms with Crippen molar-refractivity contribution in [3.63, 3.8) is 0 Å². The fourth-order valence-corrected chi connectivity index (χ4v) is 4.93. The molecule has 1 aliphatic carbocycles. The molecule has 1 fully saturated rings. The van der Waals surface area contributed by atoms with Crippen LogP contribution >= 0.6 is 11.3 Å². The largest absolute Gasteiger partial charge is 0.342 e. The standard InChI is InChI=1S/C16H18F2N4OS/c1-9-10(7-19-21-9)12-6-11-14(24-12)15(23)20-16(4-2-3-5-16)22(11)8-13(17)18/h6-7,13H,2-5,8H2,1H3,(H,19,21)(H,20,23). The van der Waals surface area contributed by atoms with Crippen molar-refractivity contribution in [2.45, 2.75) is 44.7 Å². The molecule has 0 atom stereocenters. The molecule has 4 rings (SSSR count). The quantitative estimate of drug-likeness (QED) is 0.888. The number of anilines is 1. The van der Waals surface area contributed by atoms with E-state index in [0.717, 1.165) is 29.0 Å². The third-order valence-electron chi connectivity index (χ3n) is 4.92. The van der Waals surface area contributed by atoms with E-state index in [1.54, 1.807) is 11.1 Å². The molecule has 1 saturated carbocycles. The lowest BCUT2D eigenvalue weighted by Gasteiger charge is -2.46. The molecule has 3 heterocycles. The number of hydrogen-bond acceptors (Lipinski definition) is 4. The molecule has 128 valence electrons. The van der Waals surface area contributed by atoms with Crippen molar-refractivity contribution >= 4 is 22.9 Å². The SMILES string of the molecule is Cc1[nH]ncc1-c1cc2c(s1)C(=O)NC1(CCCC1)N2CC(F)F. The van der Waals surface area contributed by atoms with Crippen LogP contribution in [0.5, 0.6) is 0 Å². The Morgan fingerprint density at radius 3 is 2.79 bits per heavy atom. The lowest BCUT2D eigenvalue weighted by atomic mass is 10.0. The summed E-state index contributed by atoms with van der Waals surface area (Å²) in [6, 6.07) is 1.86. The molecule has 1 aliphatic heterocycles. The molecule has 2 aliphatic rings. The van der Waals surface area contributed by atoms with Gasteiger partial charge < -0.3 is 10.2 Å². The second kappa shape index (κ2) is 5.54. The minimum atomic E-state index is -2.45. The van der Waals surface area contributed by atoms with Crippen molar-refractivity contribution in [3.8, 4) is 10.4 Å². The monoisotopic (exact) mass is 352 g/mol. The van der Waals surface area contributed by atoms with Gasteiger partial charge in [-0.3, -0.25) is 9.89 Å². The molecule has 2 aromatic heterocycles. The van der Waals surface area contributed by atoms with Gasteiger partial charge in [-0.1, -0.05) is 0 Å². The van der Waals surface area contributed by atoms with Crippen LogP contribution in [0.3, 0.4) is 0 Å². The zero-order chi connectivity index (χ0) is 16.9. The Bertz CT molecular complexity index is 779. The molecule has 0 bridgehead atoms. The van der Waals surface area contributed by atoms with Crippen molar-refractivity contribution in [1.29, 1.82) is 0 Å². The first-order valence-electron chi connectivity index (χ1n) is 8.03. The number of halogens is 2. The summed E-state index contributed by atoms with van der Waals surface area (Å²) in [6.07, 6.45) is 2.54. The minimum Gasteiger partial charge on any atom is -0.342 e. The number of H-pyrrole nitrogens is 1. The molecule has 0 aromatic carbocycles. The molecule has 0 radical (unpaired) electrons. The Morgan fingerprint density at radius 2 is 2.17 bits per heavy atom. The van der Waals surface area contributed by atoms with Crippen LogP contribution in [0.15, 0.2) is 12.3 Å². The summed E-state index contributed by atoms with van der Waals surface area (Å²) in [6.45, 7) is 1.53. The number of alkyl halides is 2. The number of rotatable bonds is 3. The van der Waals surface area contributed by atoms with Gasteiger partial charge in [0.15, 0.2) is 0 Å². The molecule has 1 amide bonds. The average molecular weight is 352 g/mol. The predicted octanol–water partition coefficient (Wildman–Crippen LogP) is 3.53. The first-order chi connectivity index (χ1) is 11.5. The Kier molecular flexibility index (Phi) is 3.59. The summed E-state index contributed by atoms with van der Waals surface area (Å²) in [4.78, 5) is 15.7. The van der Waals surface area contributed by atoms with Gasteiger partial charge >= 0.3 is 0 Å². The number of nitrogens with zero attached hydrogens (tertiary/aromatic N) is 2. The molecule has 8 heteroatoms. The van der Waals surface area contributed by atoms with E-state index in [1.807, 2.05) is 13.0 Å². The second-order valence-corrected chi connectivity index (χ2v) is 7.48. The van der Waals surface area contributed by atoms with Crippen LogP contribution in [-0.2, 0) is 0 Å². The number of hydrogen-bond donors (Lipinski definition) is 2. The Morgan fingerprint density at radius 1 is 1.42 bits per heavy atom. The summed E-state index contributed by atoms with van der Waals surface area (Å²) >= 11 is 1.33. The van der Waals surface area contributed by atoms with Crippen molar-refractivity contribution in [1.82, 2.24) is 15.5 Å². The van der Waals surface area contributed by atoms with Crippen molar-refractivity contribution in [2.24, 2.45) is 0 Å². The highest BCUT2D eigenvalue weighted by Crippen LogP contribution is 2.46. The van der Waals surface area contributed by atoms with Crippen LogP contribution < -0.4 is 10.2 Å². The summed E-state index contributed by atoms with van der Waals surface area (Å²) in [5, 5.41) is 9.90. The lowest BCUT2D eigenvalue weighted by molar-refractivity contribution is 0.0858. The zero-order valence-corrected chi connectivity index (χ0v) is 14.1. The van der Waals surface area contributed by atoms with Gasteiger partial charge in [0.2, 0.25) is 0 Å². The average Bonchev–Trinajstić information content (AvgIpc) is 3.23. The maximum Gasteiger partial charge on any atom is 0.265 e. The molecule has 5 nitrogen and oxygen atoms in total. The first kappa shape index (κ1) is 15.6.